The second-order valence-electron chi connectivity index (χ2n) is 5.15. The molecule has 1 heterocycles. The maximum Gasteiger partial charge on any atom is 0.331 e. The van der Waals surface area contributed by atoms with E-state index in [0.717, 1.165) is 21.3 Å². The van der Waals surface area contributed by atoms with Crippen LogP contribution in [0.2, 0.25) is 0 Å². The zero-order valence-corrected chi connectivity index (χ0v) is 15.1. The topological polar surface area (TPSA) is 90.4 Å². The van der Waals surface area contributed by atoms with Crippen LogP contribution in [-0.2, 0) is 19.1 Å². The van der Waals surface area contributed by atoms with Crippen molar-refractivity contribution in [1.82, 2.24) is 9.97 Å². The number of aromatic nitrogens is 2. The molecule has 1 aromatic heterocycles. The smallest absolute Gasteiger partial charge is 0.331 e. The van der Waals surface area contributed by atoms with Crippen LogP contribution in [-0.4, -0.2) is 42.2 Å². The van der Waals surface area contributed by atoms with E-state index in [1.165, 1.54) is 18.9 Å². The highest BCUT2D eigenvalue weighted by Gasteiger charge is 2.07. The third-order valence-electron chi connectivity index (χ3n) is 3.08. The summed E-state index contributed by atoms with van der Waals surface area (Å²) in [6, 6.07) is 7.38. The molecule has 2 aromatic rings. The van der Waals surface area contributed by atoms with Gasteiger partial charge in [-0.3, -0.25) is 4.79 Å². The molecule has 0 fully saturated rings. The van der Waals surface area contributed by atoms with Crippen LogP contribution in [0.4, 0.5) is 5.69 Å². The minimum Gasteiger partial charge on any atom is -0.467 e. The molecule has 0 atom stereocenters. The molecule has 8 heteroatoms. The number of hydrogen-bond donors (Lipinski definition) is 1. The van der Waals surface area contributed by atoms with Crippen LogP contribution in [0.15, 0.2) is 40.4 Å². The minimum absolute atomic E-state index is 0.217. The number of hydrogen-bond acceptors (Lipinski definition) is 7. The van der Waals surface area contributed by atoms with E-state index in [1.54, 1.807) is 18.3 Å². The Kier molecular flexibility index (Phi) is 6.91. The molecule has 2 rings (SSSR count). The van der Waals surface area contributed by atoms with E-state index in [-0.39, 0.29) is 19.1 Å². The van der Waals surface area contributed by atoms with Crippen molar-refractivity contribution in [3.05, 3.63) is 41.9 Å². The summed E-state index contributed by atoms with van der Waals surface area (Å²) in [5.74, 6) is -0.139. The minimum atomic E-state index is -0.524. The molecule has 0 spiro atoms. The fourth-order valence-corrected chi connectivity index (χ4v) is 2.70. The summed E-state index contributed by atoms with van der Waals surface area (Å²) in [6.07, 6.45) is 1.80. The van der Waals surface area contributed by atoms with Crippen molar-refractivity contribution in [1.29, 1.82) is 0 Å². The number of methoxy groups -OCH3 is 1. The van der Waals surface area contributed by atoms with E-state index in [2.05, 4.69) is 20.0 Å². The first kappa shape index (κ1) is 18.9. The third kappa shape index (κ3) is 6.17. The summed E-state index contributed by atoms with van der Waals surface area (Å²) >= 11 is 1.54. The standard InChI is InChI=1S/C17H19N3O4S/c1-11-8-18-12(2)19-17(11)25-14-6-4-13(5-7-14)20-15(21)9-24-10-16(22)23-3/h4-8H,9-10H2,1-3H3,(H,20,21). The largest absolute Gasteiger partial charge is 0.467 e. The Morgan fingerprint density at radius 3 is 2.56 bits per heavy atom. The molecule has 25 heavy (non-hydrogen) atoms. The molecule has 0 saturated heterocycles. The molecule has 0 aliphatic rings. The second-order valence-corrected chi connectivity index (χ2v) is 6.21. The van der Waals surface area contributed by atoms with Gasteiger partial charge in [-0.05, 0) is 43.7 Å². The van der Waals surface area contributed by atoms with Gasteiger partial charge in [0.2, 0.25) is 5.91 Å². The van der Waals surface area contributed by atoms with Crippen molar-refractivity contribution < 1.29 is 19.1 Å². The van der Waals surface area contributed by atoms with Crippen LogP contribution in [0.5, 0.6) is 0 Å². The van der Waals surface area contributed by atoms with Gasteiger partial charge in [-0.1, -0.05) is 11.8 Å². The maximum absolute atomic E-state index is 11.7. The first-order valence-electron chi connectivity index (χ1n) is 7.50. The fraction of sp³-hybridized carbons (Fsp3) is 0.294. The molecule has 0 saturated carbocycles. The Bertz CT molecular complexity index is 750. The number of carbonyl (C=O) groups is 2. The summed E-state index contributed by atoms with van der Waals surface area (Å²) < 4.78 is 9.36. The van der Waals surface area contributed by atoms with Gasteiger partial charge in [0.05, 0.1) is 7.11 Å². The Balaban J connectivity index is 1.88. The normalized spacial score (nSPS) is 10.4. The van der Waals surface area contributed by atoms with Gasteiger partial charge >= 0.3 is 5.97 Å². The van der Waals surface area contributed by atoms with Crippen molar-refractivity contribution in [2.45, 2.75) is 23.8 Å². The molecule has 0 aliphatic heterocycles. The monoisotopic (exact) mass is 361 g/mol. The van der Waals surface area contributed by atoms with Crippen LogP contribution >= 0.6 is 11.8 Å². The number of ether oxygens (including phenoxy) is 2. The van der Waals surface area contributed by atoms with E-state index < -0.39 is 5.97 Å². The number of amides is 1. The van der Waals surface area contributed by atoms with Gasteiger partial charge in [0, 0.05) is 16.8 Å². The summed E-state index contributed by atoms with van der Waals surface area (Å²) in [7, 11) is 1.26. The van der Waals surface area contributed by atoms with Crippen molar-refractivity contribution in [3.63, 3.8) is 0 Å². The predicted octanol–water partition coefficient (Wildman–Crippen LogP) is 2.37. The van der Waals surface area contributed by atoms with E-state index in [9.17, 15) is 9.59 Å². The Hall–Kier alpha value is -2.45. The average Bonchev–Trinajstić information content (AvgIpc) is 2.59. The van der Waals surface area contributed by atoms with Crippen LogP contribution in [0.3, 0.4) is 0 Å². The maximum atomic E-state index is 11.7. The molecular formula is C17H19N3O4S. The van der Waals surface area contributed by atoms with Gasteiger partial charge in [0.1, 0.15) is 24.1 Å². The number of rotatable bonds is 7. The molecule has 7 nitrogen and oxygen atoms in total. The number of aryl methyl sites for hydroxylation is 2. The van der Waals surface area contributed by atoms with E-state index in [1.807, 2.05) is 26.0 Å². The Morgan fingerprint density at radius 1 is 1.16 bits per heavy atom. The summed E-state index contributed by atoms with van der Waals surface area (Å²) in [6.45, 7) is 3.34. The van der Waals surface area contributed by atoms with E-state index >= 15 is 0 Å². The van der Waals surface area contributed by atoms with E-state index in [0.29, 0.717) is 5.69 Å². The molecule has 0 bridgehead atoms. The third-order valence-corrected chi connectivity index (χ3v) is 4.19. The molecule has 1 amide bonds. The molecule has 1 aromatic carbocycles. The number of esters is 1. The van der Waals surface area contributed by atoms with Gasteiger partial charge in [0.15, 0.2) is 0 Å². The van der Waals surface area contributed by atoms with Crippen LogP contribution in [0.1, 0.15) is 11.4 Å². The van der Waals surface area contributed by atoms with Gasteiger partial charge in [-0.25, -0.2) is 14.8 Å². The van der Waals surface area contributed by atoms with Crippen molar-refractivity contribution in [2.24, 2.45) is 0 Å². The predicted molar refractivity (Wildman–Crippen MR) is 93.5 cm³/mol. The highest BCUT2D eigenvalue weighted by Crippen LogP contribution is 2.29. The molecule has 1 N–H and O–H groups in total. The molecule has 0 unspecified atom stereocenters. The van der Waals surface area contributed by atoms with Crippen molar-refractivity contribution >= 4 is 29.3 Å². The Labute approximate surface area is 150 Å². The lowest BCUT2D eigenvalue weighted by molar-refractivity contribution is -0.146. The summed E-state index contributed by atoms with van der Waals surface area (Å²) in [4.78, 5) is 32.2. The number of carbonyl (C=O) groups excluding carboxylic acids is 2. The second kappa shape index (κ2) is 9.14. The first-order valence-corrected chi connectivity index (χ1v) is 8.32. The van der Waals surface area contributed by atoms with Gasteiger partial charge in [0.25, 0.3) is 0 Å². The van der Waals surface area contributed by atoms with Crippen molar-refractivity contribution in [3.8, 4) is 0 Å². The summed E-state index contributed by atoms with van der Waals surface area (Å²) in [5.41, 5.74) is 1.65. The fourth-order valence-electron chi connectivity index (χ4n) is 1.81. The van der Waals surface area contributed by atoms with Crippen LogP contribution in [0, 0.1) is 13.8 Å². The zero-order valence-electron chi connectivity index (χ0n) is 14.2. The van der Waals surface area contributed by atoms with E-state index in [4.69, 9.17) is 4.74 Å². The van der Waals surface area contributed by atoms with Crippen LogP contribution < -0.4 is 5.32 Å². The Morgan fingerprint density at radius 2 is 1.88 bits per heavy atom. The number of anilines is 1. The molecule has 0 aliphatic carbocycles. The summed E-state index contributed by atoms with van der Waals surface area (Å²) in [5, 5.41) is 3.60. The lowest BCUT2D eigenvalue weighted by atomic mass is 10.3. The lowest BCUT2D eigenvalue weighted by Gasteiger charge is -2.08. The molecular weight excluding hydrogens is 342 g/mol. The molecule has 132 valence electrons. The SMILES string of the molecule is COC(=O)COCC(=O)Nc1ccc(Sc2nc(C)ncc2C)cc1. The van der Waals surface area contributed by atoms with Gasteiger partial charge in [-0.15, -0.1) is 0 Å². The van der Waals surface area contributed by atoms with Gasteiger partial charge in [-0.2, -0.15) is 0 Å². The van der Waals surface area contributed by atoms with Crippen LogP contribution in [0.25, 0.3) is 0 Å². The highest BCUT2D eigenvalue weighted by atomic mass is 32.2. The average molecular weight is 361 g/mol. The van der Waals surface area contributed by atoms with Crippen molar-refractivity contribution in [2.75, 3.05) is 25.6 Å². The lowest BCUT2D eigenvalue weighted by Crippen LogP contribution is -2.21. The number of benzene rings is 1. The number of nitrogens with zero attached hydrogens (tertiary/aromatic N) is 2. The van der Waals surface area contributed by atoms with Gasteiger partial charge < -0.3 is 14.8 Å². The zero-order chi connectivity index (χ0) is 18.2. The first-order chi connectivity index (χ1) is 12.0. The number of nitrogens with one attached hydrogen (secondary N) is 1. The highest BCUT2D eigenvalue weighted by molar-refractivity contribution is 7.99. The molecule has 0 radical (unpaired) electrons. The quantitative estimate of drug-likeness (QED) is 0.598.